The first-order valence-electron chi connectivity index (χ1n) is 5.74. The molecule has 0 radical (unpaired) electrons. The zero-order valence-corrected chi connectivity index (χ0v) is 10.2. The number of hydrogen-bond acceptors (Lipinski definition) is 4. The fourth-order valence-corrected chi connectivity index (χ4v) is 1.79. The molecule has 0 saturated carbocycles. The van der Waals surface area contributed by atoms with Crippen molar-refractivity contribution in [2.75, 3.05) is 33.2 Å². The molecule has 6 heteroatoms. The summed E-state index contributed by atoms with van der Waals surface area (Å²) in [4.78, 5) is 24.7. The van der Waals surface area contributed by atoms with E-state index >= 15 is 0 Å². The van der Waals surface area contributed by atoms with Crippen LogP contribution < -0.4 is 16.0 Å². The van der Waals surface area contributed by atoms with Crippen molar-refractivity contribution < 1.29 is 9.59 Å². The number of rotatable bonds is 5. The molecule has 0 spiro atoms. The van der Waals surface area contributed by atoms with Crippen molar-refractivity contribution in [1.29, 1.82) is 0 Å². The van der Waals surface area contributed by atoms with Gasteiger partial charge in [0.05, 0.1) is 6.54 Å². The standard InChI is InChI=1S/C11H20N4O2/c1-3-5-13-11(17)14-10(16)8-15-6-4-9(7-15)12-2/h3,9,12H,1,4-8H2,2H3,(H2,13,14,16,17). The summed E-state index contributed by atoms with van der Waals surface area (Å²) in [5.41, 5.74) is 0. The molecule has 1 aliphatic rings. The summed E-state index contributed by atoms with van der Waals surface area (Å²) in [6, 6.07) is -0.0309. The second-order valence-electron chi connectivity index (χ2n) is 4.06. The Morgan fingerprint density at radius 2 is 2.29 bits per heavy atom. The second-order valence-corrected chi connectivity index (χ2v) is 4.06. The zero-order valence-electron chi connectivity index (χ0n) is 10.2. The normalized spacial score (nSPS) is 19.9. The van der Waals surface area contributed by atoms with Crippen molar-refractivity contribution >= 4 is 11.9 Å². The van der Waals surface area contributed by atoms with Gasteiger partial charge in [0.2, 0.25) is 5.91 Å². The minimum absolute atomic E-state index is 0.264. The number of likely N-dealkylation sites (N-methyl/N-ethyl adjacent to an activating group) is 1. The molecule has 96 valence electrons. The number of carbonyl (C=O) groups excluding carboxylic acids is 2. The van der Waals surface area contributed by atoms with E-state index in [1.54, 1.807) is 6.08 Å². The lowest BCUT2D eigenvalue weighted by atomic mass is 10.3. The Hall–Kier alpha value is -1.40. The average Bonchev–Trinajstić information content (AvgIpc) is 2.73. The topological polar surface area (TPSA) is 73.5 Å². The third-order valence-corrected chi connectivity index (χ3v) is 2.71. The molecule has 0 aromatic carbocycles. The fraction of sp³-hybridized carbons (Fsp3) is 0.636. The van der Waals surface area contributed by atoms with Gasteiger partial charge in [0, 0.05) is 25.7 Å². The Kier molecular flexibility index (Phi) is 5.65. The molecular formula is C11H20N4O2. The Morgan fingerprint density at radius 1 is 1.53 bits per heavy atom. The number of imide groups is 1. The van der Waals surface area contributed by atoms with Crippen molar-refractivity contribution in [3.05, 3.63) is 12.7 Å². The third kappa shape index (κ3) is 4.97. The highest BCUT2D eigenvalue weighted by Gasteiger charge is 2.22. The van der Waals surface area contributed by atoms with Crippen LogP contribution in [0.4, 0.5) is 4.79 Å². The lowest BCUT2D eigenvalue weighted by Gasteiger charge is -2.15. The van der Waals surface area contributed by atoms with E-state index in [0.717, 1.165) is 19.5 Å². The smallest absolute Gasteiger partial charge is 0.321 e. The minimum Gasteiger partial charge on any atom is -0.334 e. The fourth-order valence-electron chi connectivity index (χ4n) is 1.79. The van der Waals surface area contributed by atoms with E-state index in [1.807, 2.05) is 11.9 Å². The van der Waals surface area contributed by atoms with Crippen molar-refractivity contribution in [2.45, 2.75) is 12.5 Å². The highest BCUT2D eigenvalue weighted by molar-refractivity contribution is 5.95. The van der Waals surface area contributed by atoms with Crippen molar-refractivity contribution in [3.63, 3.8) is 0 Å². The predicted molar refractivity (Wildman–Crippen MR) is 65.6 cm³/mol. The molecular weight excluding hydrogens is 220 g/mol. The van der Waals surface area contributed by atoms with E-state index in [0.29, 0.717) is 12.6 Å². The molecule has 1 saturated heterocycles. The van der Waals surface area contributed by atoms with Crippen LogP contribution in [0.1, 0.15) is 6.42 Å². The van der Waals surface area contributed by atoms with Gasteiger partial charge < -0.3 is 10.6 Å². The van der Waals surface area contributed by atoms with Crippen LogP contribution in [0.5, 0.6) is 0 Å². The largest absolute Gasteiger partial charge is 0.334 e. The van der Waals surface area contributed by atoms with E-state index in [1.165, 1.54) is 0 Å². The molecule has 3 amide bonds. The number of nitrogens with one attached hydrogen (secondary N) is 3. The van der Waals surface area contributed by atoms with E-state index in [-0.39, 0.29) is 12.5 Å². The Balaban J connectivity index is 2.21. The first-order chi connectivity index (χ1) is 8.15. The van der Waals surface area contributed by atoms with E-state index in [2.05, 4.69) is 22.5 Å². The number of nitrogens with zero attached hydrogens (tertiary/aromatic N) is 1. The van der Waals surface area contributed by atoms with E-state index in [9.17, 15) is 9.59 Å². The Labute approximate surface area is 101 Å². The van der Waals surface area contributed by atoms with E-state index in [4.69, 9.17) is 0 Å². The summed E-state index contributed by atoms with van der Waals surface area (Å²) >= 11 is 0. The predicted octanol–water partition coefficient (Wildman–Crippen LogP) is -0.708. The first-order valence-corrected chi connectivity index (χ1v) is 5.74. The van der Waals surface area contributed by atoms with Crippen molar-refractivity contribution in [2.24, 2.45) is 0 Å². The van der Waals surface area contributed by atoms with Gasteiger partial charge in [-0.1, -0.05) is 6.08 Å². The van der Waals surface area contributed by atoms with Crippen LogP contribution in [-0.4, -0.2) is 56.1 Å². The van der Waals surface area contributed by atoms with Gasteiger partial charge in [-0.25, -0.2) is 4.79 Å². The van der Waals surface area contributed by atoms with Gasteiger partial charge in [-0.15, -0.1) is 6.58 Å². The quantitative estimate of drug-likeness (QED) is 0.555. The van der Waals surface area contributed by atoms with Crippen LogP contribution in [-0.2, 0) is 4.79 Å². The maximum absolute atomic E-state index is 11.5. The van der Waals surface area contributed by atoms with Gasteiger partial charge >= 0.3 is 6.03 Å². The third-order valence-electron chi connectivity index (χ3n) is 2.71. The molecule has 1 rings (SSSR count). The molecule has 0 aromatic rings. The molecule has 1 unspecified atom stereocenters. The molecule has 0 aromatic heterocycles. The number of hydrogen-bond donors (Lipinski definition) is 3. The molecule has 3 N–H and O–H groups in total. The maximum Gasteiger partial charge on any atom is 0.321 e. The summed E-state index contributed by atoms with van der Waals surface area (Å²) in [6.45, 7) is 5.81. The van der Waals surface area contributed by atoms with Crippen LogP contribution in [0.3, 0.4) is 0 Å². The minimum atomic E-state index is -0.473. The molecule has 17 heavy (non-hydrogen) atoms. The number of urea groups is 1. The van der Waals surface area contributed by atoms with Crippen LogP contribution >= 0.6 is 0 Å². The summed E-state index contributed by atoms with van der Waals surface area (Å²) < 4.78 is 0. The van der Waals surface area contributed by atoms with Crippen LogP contribution in [0.25, 0.3) is 0 Å². The van der Waals surface area contributed by atoms with Gasteiger partial charge in [-0.2, -0.15) is 0 Å². The van der Waals surface area contributed by atoms with Crippen LogP contribution in [0.2, 0.25) is 0 Å². The Morgan fingerprint density at radius 3 is 2.88 bits per heavy atom. The van der Waals surface area contributed by atoms with Gasteiger partial charge in [0.25, 0.3) is 0 Å². The van der Waals surface area contributed by atoms with Crippen LogP contribution in [0, 0.1) is 0 Å². The zero-order chi connectivity index (χ0) is 12.7. The highest BCUT2D eigenvalue weighted by Crippen LogP contribution is 2.07. The van der Waals surface area contributed by atoms with Gasteiger partial charge in [0.1, 0.15) is 0 Å². The van der Waals surface area contributed by atoms with Gasteiger partial charge in [-0.3, -0.25) is 15.0 Å². The average molecular weight is 240 g/mol. The Bertz CT molecular complexity index is 293. The monoisotopic (exact) mass is 240 g/mol. The summed E-state index contributed by atoms with van der Waals surface area (Å²) in [5, 5.41) is 7.94. The molecule has 6 nitrogen and oxygen atoms in total. The lowest BCUT2D eigenvalue weighted by molar-refractivity contribution is -0.120. The molecule has 1 fully saturated rings. The summed E-state index contributed by atoms with van der Waals surface area (Å²) in [7, 11) is 1.91. The van der Waals surface area contributed by atoms with Crippen molar-refractivity contribution in [1.82, 2.24) is 20.9 Å². The van der Waals surface area contributed by atoms with Crippen molar-refractivity contribution in [3.8, 4) is 0 Å². The highest BCUT2D eigenvalue weighted by atomic mass is 16.2. The van der Waals surface area contributed by atoms with Crippen LogP contribution in [0.15, 0.2) is 12.7 Å². The van der Waals surface area contributed by atoms with Gasteiger partial charge in [0.15, 0.2) is 0 Å². The molecule has 1 heterocycles. The van der Waals surface area contributed by atoms with Gasteiger partial charge in [-0.05, 0) is 13.5 Å². The number of likely N-dealkylation sites (tertiary alicyclic amines) is 1. The molecule has 0 aliphatic carbocycles. The molecule has 1 aliphatic heterocycles. The number of amides is 3. The second kappa shape index (κ2) is 7.03. The van der Waals surface area contributed by atoms with E-state index < -0.39 is 6.03 Å². The molecule has 1 atom stereocenters. The maximum atomic E-state index is 11.5. The molecule has 0 bridgehead atoms. The first kappa shape index (κ1) is 13.7. The SMILES string of the molecule is C=CCNC(=O)NC(=O)CN1CCC(NC)C1. The lowest BCUT2D eigenvalue weighted by Crippen LogP contribution is -2.44. The number of carbonyl (C=O) groups is 2. The summed E-state index contributed by atoms with van der Waals surface area (Å²) in [6.07, 6.45) is 2.59. The summed E-state index contributed by atoms with van der Waals surface area (Å²) in [5.74, 6) is -0.275.